The third-order valence-electron chi connectivity index (χ3n) is 4.60. The first-order valence-corrected chi connectivity index (χ1v) is 8.19. The van der Waals surface area contributed by atoms with Gasteiger partial charge in [-0.15, -0.1) is 0 Å². The molecule has 0 aliphatic heterocycles. The smallest absolute Gasteiger partial charge is 0.336 e. The van der Waals surface area contributed by atoms with Crippen molar-refractivity contribution in [2.24, 2.45) is 0 Å². The van der Waals surface area contributed by atoms with Gasteiger partial charge in [-0.25, -0.2) is 4.79 Å². The fraction of sp³-hybridized carbons (Fsp3) is 0.300. The van der Waals surface area contributed by atoms with E-state index in [1.54, 1.807) is 13.0 Å². The predicted octanol–water partition coefficient (Wildman–Crippen LogP) is 3.67. The summed E-state index contributed by atoms with van der Waals surface area (Å²) in [5, 5.41) is 12.1. The van der Waals surface area contributed by atoms with Crippen LogP contribution in [0.3, 0.4) is 0 Å². The van der Waals surface area contributed by atoms with Gasteiger partial charge in [-0.1, -0.05) is 24.3 Å². The van der Waals surface area contributed by atoms with Crippen molar-refractivity contribution in [3.8, 4) is 0 Å². The zero-order valence-electron chi connectivity index (χ0n) is 14.0. The number of aromatic carboxylic acids is 1. The summed E-state index contributed by atoms with van der Waals surface area (Å²) in [6.45, 7) is 3.62. The van der Waals surface area contributed by atoms with Gasteiger partial charge < -0.3 is 10.4 Å². The van der Waals surface area contributed by atoms with Gasteiger partial charge >= 0.3 is 5.97 Å². The zero-order chi connectivity index (χ0) is 17.3. The highest BCUT2D eigenvalue weighted by molar-refractivity contribution is 5.96. The molecule has 4 heteroatoms. The minimum absolute atomic E-state index is 0.128. The van der Waals surface area contributed by atoms with Gasteiger partial charge in [-0.05, 0) is 67.0 Å². The number of carboxylic acids is 1. The lowest BCUT2D eigenvalue weighted by molar-refractivity contribution is -0.115. The van der Waals surface area contributed by atoms with Crippen molar-refractivity contribution < 1.29 is 14.7 Å². The van der Waals surface area contributed by atoms with Gasteiger partial charge in [0.1, 0.15) is 0 Å². The Morgan fingerprint density at radius 1 is 1.04 bits per heavy atom. The minimum Gasteiger partial charge on any atom is -0.478 e. The van der Waals surface area contributed by atoms with Crippen molar-refractivity contribution in [2.45, 2.75) is 39.5 Å². The molecule has 0 unspecified atom stereocenters. The number of hydrogen-bond donors (Lipinski definition) is 2. The summed E-state index contributed by atoms with van der Waals surface area (Å²) in [6.07, 6.45) is 3.70. The van der Waals surface area contributed by atoms with E-state index in [1.165, 1.54) is 23.6 Å². The Bertz CT molecular complexity index is 824. The van der Waals surface area contributed by atoms with E-state index in [4.69, 9.17) is 0 Å². The predicted molar refractivity (Wildman–Crippen MR) is 93.7 cm³/mol. The minimum atomic E-state index is -0.985. The number of benzene rings is 2. The van der Waals surface area contributed by atoms with Crippen LogP contribution < -0.4 is 5.32 Å². The highest BCUT2D eigenvalue weighted by Crippen LogP contribution is 2.24. The second-order valence-corrected chi connectivity index (χ2v) is 6.47. The normalized spacial score (nSPS) is 12.8. The number of amides is 1. The Balaban J connectivity index is 1.75. The van der Waals surface area contributed by atoms with Crippen LogP contribution in [-0.2, 0) is 24.1 Å². The first kappa shape index (κ1) is 16.2. The van der Waals surface area contributed by atoms with E-state index in [1.807, 2.05) is 13.0 Å². The van der Waals surface area contributed by atoms with E-state index in [0.29, 0.717) is 17.7 Å². The monoisotopic (exact) mass is 323 g/mol. The number of fused-ring (bicyclic) bond motifs is 1. The first-order valence-electron chi connectivity index (χ1n) is 8.19. The average molecular weight is 323 g/mol. The summed E-state index contributed by atoms with van der Waals surface area (Å²) in [7, 11) is 0. The molecule has 0 saturated carbocycles. The summed E-state index contributed by atoms with van der Waals surface area (Å²) in [6, 6.07) is 9.56. The number of nitrogens with one attached hydrogen (secondary N) is 1. The van der Waals surface area contributed by atoms with E-state index in [-0.39, 0.29) is 11.5 Å². The molecule has 0 radical (unpaired) electrons. The van der Waals surface area contributed by atoms with Crippen molar-refractivity contribution in [1.82, 2.24) is 0 Å². The Morgan fingerprint density at radius 3 is 2.54 bits per heavy atom. The van der Waals surface area contributed by atoms with Crippen LogP contribution in [0.25, 0.3) is 0 Å². The van der Waals surface area contributed by atoms with Crippen molar-refractivity contribution in [1.29, 1.82) is 0 Å². The summed E-state index contributed by atoms with van der Waals surface area (Å²) in [4.78, 5) is 23.6. The number of anilines is 1. The van der Waals surface area contributed by atoms with E-state index >= 15 is 0 Å². The molecule has 3 rings (SSSR count). The van der Waals surface area contributed by atoms with Crippen LogP contribution in [-0.4, -0.2) is 17.0 Å². The third kappa shape index (κ3) is 3.32. The lowest BCUT2D eigenvalue weighted by Gasteiger charge is -2.12. The number of hydrogen-bond acceptors (Lipinski definition) is 2. The molecule has 0 aromatic heterocycles. The molecule has 2 N–H and O–H groups in total. The van der Waals surface area contributed by atoms with Crippen LogP contribution >= 0.6 is 0 Å². The molecular weight excluding hydrogens is 302 g/mol. The Kier molecular flexibility index (Phi) is 4.38. The van der Waals surface area contributed by atoms with E-state index < -0.39 is 5.97 Å². The van der Waals surface area contributed by atoms with Crippen molar-refractivity contribution in [3.05, 3.63) is 63.7 Å². The fourth-order valence-electron chi connectivity index (χ4n) is 3.33. The van der Waals surface area contributed by atoms with Crippen molar-refractivity contribution in [2.75, 3.05) is 5.32 Å². The van der Waals surface area contributed by atoms with Crippen LogP contribution in [0.4, 0.5) is 5.69 Å². The number of carbonyl (C=O) groups is 2. The molecule has 0 spiro atoms. The SMILES string of the molecule is Cc1cc(C)c(C(=O)O)cc1NC(=O)Cc1ccc2c(c1)CCC2. The fourth-order valence-corrected chi connectivity index (χ4v) is 3.33. The van der Waals surface area contributed by atoms with Gasteiger partial charge in [-0.3, -0.25) is 4.79 Å². The standard InChI is InChI=1S/C20H21NO3/c1-12-8-13(2)18(11-17(12)20(23)24)21-19(22)10-14-6-7-15-4-3-5-16(15)9-14/h6-9,11H,3-5,10H2,1-2H3,(H,21,22)(H,23,24). The number of carboxylic acid groups (broad SMARTS) is 1. The quantitative estimate of drug-likeness (QED) is 0.902. The molecule has 2 aromatic rings. The highest BCUT2D eigenvalue weighted by atomic mass is 16.4. The molecule has 0 atom stereocenters. The van der Waals surface area contributed by atoms with Crippen molar-refractivity contribution >= 4 is 17.6 Å². The number of carbonyl (C=O) groups excluding carboxylic acids is 1. The molecule has 0 heterocycles. The molecule has 1 aliphatic carbocycles. The van der Waals surface area contributed by atoms with E-state index in [2.05, 4.69) is 17.4 Å². The van der Waals surface area contributed by atoms with Gasteiger partial charge in [0.15, 0.2) is 0 Å². The van der Waals surface area contributed by atoms with Gasteiger partial charge in [0.05, 0.1) is 12.0 Å². The maximum absolute atomic E-state index is 12.3. The Hall–Kier alpha value is -2.62. The topological polar surface area (TPSA) is 66.4 Å². The second kappa shape index (κ2) is 6.48. The Morgan fingerprint density at radius 2 is 1.79 bits per heavy atom. The summed E-state index contributed by atoms with van der Waals surface area (Å²) in [5.41, 5.74) is 6.06. The highest BCUT2D eigenvalue weighted by Gasteiger charge is 2.14. The molecular formula is C20H21NO3. The maximum atomic E-state index is 12.3. The van der Waals surface area contributed by atoms with Crippen LogP contribution in [0, 0.1) is 13.8 Å². The van der Waals surface area contributed by atoms with Gasteiger partial charge in [0.2, 0.25) is 5.91 Å². The van der Waals surface area contributed by atoms with Crippen LogP contribution in [0.15, 0.2) is 30.3 Å². The van der Waals surface area contributed by atoms with Crippen molar-refractivity contribution in [3.63, 3.8) is 0 Å². The lowest BCUT2D eigenvalue weighted by Crippen LogP contribution is -2.16. The molecule has 24 heavy (non-hydrogen) atoms. The second-order valence-electron chi connectivity index (χ2n) is 6.47. The maximum Gasteiger partial charge on any atom is 0.336 e. The summed E-state index contributed by atoms with van der Waals surface area (Å²) in [5.74, 6) is -1.11. The van der Waals surface area contributed by atoms with Gasteiger partial charge in [0, 0.05) is 5.69 Å². The lowest BCUT2D eigenvalue weighted by atomic mass is 10.0. The van der Waals surface area contributed by atoms with Crippen LogP contribution in [0.2, 0.25) is 0 Å². The molecule has 124 valence electrons. The zero-order valence-corrected chi connectivity index (χ0v) is 14.0. The third-order valence-corrected chi connectivity index (χ3v) is 4.60. The molecule has 2 aromatic carbocycles. The Labute approximate surface area is 141 Å². The van der Waals surface area contributed by atoms with Crippen LogP contribution in [0.1, 0.15) is 44.6 Å². The number of rotatable bonds is 4. The molecule has 4 nitrogen and oxygen atoms in total. The van der Waals surface area contributed by atoms with Gasteiger partial charge in [0.25, 0.3) is 0 Å². The molecule has 1 amide bonds. The largest absolute Gasteiger partial charge is 0.478 e. The summed E-state index contributed by atoms with van der Waals surface area (Å²) >= 11 is 0. The van der Waals surface area contributed by atoms with E-state index in [9.17, 15) is 14.7 Å². The first-order chi connectivity index (χ1) is 11.4. The molecule has 0 fully saturated rings. The van der Waals surface area contributed by atoms with Crippen LogP contribution in [0.5, 0.6) is 0 Å². The average Bonchev–Trinajstić information content (AvgIpc) is 2.97. The number of aryl methyl sites for hydroxylation is 4. The van der Waals surface area contributed by atoms with E-state index in [0.717, 1.165) is 24.0 Å². The molecule has 1 aliphatic rings. The van der Waals surface area contributed by atoms with Gasteiger partial charge in [-0.2, -0.15) is 0 Å². The molecule has 0 saturated heterocycles. The summed E-state index contributed by atoms with van der Waals surface area (Å²) < 4.78 is 0. The molecule has 0 bridgehead atoms.